The molecule has 5 aromatic rings. The van der Waals surface area contributed by atoms with Crippen LogP contribution in [0, 0.1) is 5.82 Å². The van der Waals surface area contributed by atoms with Crippen LogP contribution in [0.2, 0.25) is 0 Å². The number of nitrogens with zero attached hydrogens (tertiary/aromatic N) is 6. The van der Waals surface area contributed by atoms with Gasteiger partial charge in [-0.15, -0.1) is 11.3 Å². The third-order valence-corrected chi connectivity index (χ3v) is 11.9. The molecule has 2 saturated heterocycles. The summed E-state index contributed by atoms with van der Waals surface area (Å²) in [6.45, 7) is 8.32. The van der Waals surface area contributed by atoms with Crippen LogP contribution in [-0.2, 0) is 30.4 Å². The van der Waals surface area contributed by atoms with Gasteiger partial charge in [0.05, 0.1) is 36.1 Å². The normalized spacial score (nSPS) is 18.4. The van der Waals surface area contributed by atoms with E-state index in [2.05, 4.69) is 49.4 Å². The standard InChI is InChI=1S/C37H39FN8O2S/c1-2-26-29(17-22(38)18-30(26)46-12-11-28-27-5-3-4-6-31(27)49-33(28)37(46)47)34-42-35-32(39-21-40-35)36(43-34)41-23-7-9-24(10-8-23)44-13-15-45(16-14-44)25-19-48-20-25/h7-10,17-18,21,25H,2-6,11-16,19-20H2,1H3,(H2,39,40,41,42,43). The molecule has 10 nitrogen and oxygen atoms in total. The second-order valence-electron chi connectivity index (χ2n) is 13.4. The van der Waals surface area contributed by atoms with E-state index in [4.69, 9.17) is 14.7 Å². The number of aromatic nitrogens is 4. The lowest BCUT2D eigenvalue weighted by Gasteiger charge is -2.43. The van der Waals surface area contributed by atoms with Gasteiger partial charge in [0.1, 0.15) is 11.3 Å². The van der Waals surface area contributed by atoms with Gasteiger partial charge >= 0.3 is 0 Å². The van der Waals surface area contributed by atoms with Gasteiger partial charge in [0.2, 0.25) is 0 Å². The quantitative estimate of drug-likeness (QED) is 0.212. The minimum Gasteiger partial charge on any atom is -0.378 e. The number of piperazine rings is 1. The third kappa shape index (κ3) is 5.46. The largest absolute Gasteiger partial charge is 0.378 e. The summed E-state index contributed by atoms with van der Waals surface area (Å²) in [4.78, 5) is 40.2. The van der Waals surface area contributed by atoms with Gasteiger partial charge < -0.3 is 24.8 Å². The maximum absolute atomic E-state index is 15.5. The summed E-state index contributed by atoms with van der Waals surface area (Å²) in [6.07, 6.45) is 7.42. The van der Waals surface area contributed by atoms with Crippen LogP contribution < -0.4 is 15.1 Å². The zero-order valence-electron chi connectivity index (χ0n) is 27.6. The Hall–Kier alpha value is -4.39. The maximum Gasteiger partial charge on any atom is 0.268 e. The van der Waals surface area contributed by atoms with Gasteiger partial charge in [-0.2, -0.15) is 0 Å². The molecule has 0 atom stereocenters. The number of hydrogen-bond acceptors (Lipinski definition) is 9. The van der Waals surface area contributed by atoms with Crippen molar-refractivity contribution in [1.29, 1.82) is 0 Å². The number of thiophene rings is 1. The summed E-state index contributed by atoms with van der Waals surface area (Å²) in [5, 5.41) is 3.46. The number of aromatic amines is 1. The summed E-state index contributed by atoms with van der Waals surface area (Å²) in [5.41, 5.74) is 7.82. The minimum atomic E-state index is -0.427. The molecule has 0 radical (unpaired) electrons. The van der Waals surface area contributed by atoms with E-state index in [0.717, 1.165) is 74.8 Å². The topological polar surface area (TPSA) is 103 Å². The fourth-order valence-electron chi connectivity index (χ4n) is 7.90. The van der Waals surface area contributed by atoms with E-state index in [0.29, 0.717) is 53.1 Å². The van der Waals surface area contributed by atoms with Gasteiger partial charge in [0, 0.05) is 54.5 Å². The van der Waals surface area contributed by atoms with Crippen molar-refractivity contribution >= 4 is 51.3 Å². The van der Waals surface area contributed by atoms with E-state index in [1.165, 1.54) is 46.7 Å². The molecule has 0 bridgehead atoms. The molecular weight excluding hydrogens is 640 g/mol. The molecule has 1 amide bonds. The number of imidazole rings is 1. The minimum absolute atomic E-state index is 0.0313. The van der Waals surface area contributed by atoms with E-state index in [-0.39, 0.29) is 5.91 Å². The van der Waals surface area contributed by atoms with Crippen LogP contribution in [0.1, 0.15) is 51.0 Å². The molecule has 0 unspecified atom stereocenters. The summed E-state index contributed by atoms with van der Waals surface area (Å²) in [5.74, 6) is 0.459. The van der Waals surface area contributed by atoms with E-state index in [1.54, 1.807) is 22.6 Å². The number of nitrogens with one attached hydrogen (secondary N) is 2. The number of amides is 1. The van der Waals surface area contributed by atoms with Crippen molar-refractivity contribution in [3.8, 4) is 11.4 Å². The molecule has 49 heavy (non-hydrogen) atoms. The lowest BCUT2D eigenvalue weighted by atomic mass is 9.91. The maximum atomic E-state index is 15.5. The van der Waals surface area contributed by atoms with E-state index >= 15 is 4.39 Å². The number of rotatable bonds is 7. The van der Waals surface area contributed by atoms with Crippen molar-refractivity contribution in [3.63, 3.8) is 0 Å². The molecule has 0 spiro atoms. The van der Waals surface area contributed by atoms with Crippen LogP contribution in [0.25, 0.3) is 22.6 Å². The monoisotopic (exact) mass is 678 g/mol. The van der Waals surface area contributed by atoms with Crippen molar-refractivity contribution in [2.24, 2.45) is 0 Å². The zero-order chi connectivity index (χ0) is 33.1. The Balaban J connectivity index is 1.01. The predicted octanol–water partition coefficient (Wildman–Crippen LogP) is 6.13. The second-order valence-corrected chi connectivity index (χ2v) is 14.5. The molecule has 4 aliphatic rings. The number of ether oxygens (including phenoxy) is 1. The number of hydrogen-bond donors (Lipinski definition) is 2. The van der Waals surface area contributed by atoms with Crippen LogP contribution in [0.5, 0.6) is 0 Å². The molecule has 2 fully saturated rings. The van der Waals surface area contributed by atoms with Crippen molar-refractivity contribution in [1.82, 2.24) is 24.8 Å². The van der Waals surface area contributed by atoms with Gasteiger partial charge in [-0.1, -0.05) is 6.92 Å². The molecule has 2 aromatic carbocycles. The fraction of sp³-hybridized carbons (Fsp3) is 0.405. The summed E-state index contributed by atoms with van der Waals surface area (Å²) < 4.78 is 20.9. The highest BCUT2D eigenvalue weighted by Crippen LogP contribution is 2.41. The van der Waals surface area contributed by atoms with Gasteiger partial charge in [0.25, 0.3) is 5.91 Å². The number of carbonyl (C=O) groups excluding carboxylic acids is 1. The second kappa shape index (κ2) is 12.5. The zero-order valence-corrected chi connectivity index (χ0v) is 28.4. The predicted molar refractivity (Wildman–Crippen MR) is 191 cm³/mol. The van der Waals surface area contributed by atoms with Gasteiger partial charge in [-0.3, -0.25) is 9.69 Å². The Kier molecular flexibility index (Phi) is 7.82. The number of carbonyl (C=O) groups is 1. The highest BCUT2D eigenvalue weighted by Gasteiger charge is 2.34. The first-order valence-corrected chi connectivity index (χ1v) is 18.3. The molecule has 3 aliphatic heterocycles. The van der Waals surface area contributed by atoms with Crippen LogP contribution >= 0.6 is 11.3 Å². The number of benzene rings is 2. The summed E-state index contributed by atoms with van der Waals surface area (Å²) >= 11 is 1.64. The van der Waals surface area contributed by atoms with Crippen molar-refractivity contribution in [2.45, 2.75) is 51.5 Å². The molecule has 1 aliphatic carbocycles. The summed E-state index contributed by atoms with van der Waals surface area (Å²) in [7, 11) is 0. The van der Waals surface area contributed by atoms with Gasteiger partial charge in [-0.05, 0) is 91.6 Å². The SMILES string of the molecule is CCc1c(-c2nc(Nc3ccc(N4CCN(C5COC5)CC4)cc3)c3[nH]cnc3n2)cc(F)cc1N1CCc2c(sc3c2CCCC3)C1=O. The first-order chi connectivity index (χ1) is 24.0. The van der Waals surface area contributed by atoms with Gasteiger partial charge in [-0.25, -0.2) is 19.3 Å². The van der Waals surface area contributed by atoms with Gasteiger partial charge in [0.15, 0.2) is 17.3 Å². The first-order valence-electron chi connectivity index (χ1n) is 17.5. The number of H-pyrrole nitrogens is 1. The van der Waals surface area contributed by atoms with Crippen molar-refractivity contribution in [3.05, 3.63) is 75.0 Å². The summed E-state index contributed by atoms with van der Waals surface area (Å²) in [6, 6.07) is 11.9. The molecule has 12 heteroatoms. The smallest absolute Gasteiger partial charge is 0.268 e. The van der Waals surface area contributed by atoms with E-state index in [9.17, 15) is 4.79 Å². The van der Waals surface area contributed by atoms with Crippen LogP contribution in [0.15, 0.2) is 42.7 Å². The highest BCUT2D eigenvalue weighted by atomic mass is 32.1. The Bertz CT molecular complexity index is 2050. The fourth-order valence-corrected chi connectivity index (χ4v) is 9.28. The molecule has 3 aromatic heterocycles. The van der Waals surface area contributed by atoms with Crippen molar-refractivity contribution < 1.29 is 13.9 Å². The molecule has 2 N–H and O–H groups in total. The number of anilines is 4. The molecule has 9 rings (SSSR count). The highest BCUT2D eigenvalue weighted by molar-refractivity contribution is 7.14. The average molecular weight is 679 g/mol. The first kappa shape index (κ1) is 30.7. The lowest BCUT2D eigenvalue weighted by Crippen LogP contribution is -2.56. The molecule has 0 saturated carbocycles. The number of halogens is 1. The van der Waals surface area contributed by atoms with E-state index in [1.807, 2.05) is 6.92 Å². The lowest BCUT2D eigenvalue weighted by molar-refractivity contribution is -0.0660. The molecular formula is C37H39FN8O2S. The van der Waals surface area contributed by atoms with Crippen molar-refractivity contribution in [2.75, 3.05) is 61.1 Å². The van der Waals surface area contributed by atoms with E-state index < -0.39 is 5.82 Å². The van der Waals surface area contributed by atoms with Crippen LogP contribution in [-0.4, -0.2) is 82.7 Å². The Morgan fingerprint density at radius 1 is 1.00 bits per heavy atom. The molecule has 6 heterocycles. The molecule has 252 valence electrons. The van der Waals surface area contributed by atoms with Crippen LogP contribution in [0.3, 0.4) is 0 Å². The third-order valence-electron chi connectivity index (χ3n) is 10.6. The number of fused-ring (bicyclic) bond motifs is 4. The van der Waals surface area contributed by atoms with Crippen LogP contribution in [0.4, 0.5) is 27.3 Å². The average Bonchev–Trinajstić information content (AvgIpc) is 3.74. The number of aryl methyl sites for hydroxylation is 1. The Labute approximate surface area is 288 Å². The Morgan fingerprint density at radius 2 is 1.82 bits per heavy atom. The Morgan fingerprint density at radius 3 is 2.59 bits per heavy atom.